The van der Waals surface area contributed by atoms with Gasteiger partial charge in [0.25, 0.3) is 10.0 Å². The topological polar surface area (TPSA) is 96.0 Å². The number of carbonyl (C=O) groups is 2. The lowest BCUT2D eigenvalue weighted by Gasteiger charge is -2.34. The number of nitrogens with zero attached hydrogens (tertiary/aromatic N) is 2. The van der Waals surface area contributed by atoms with Gasteiger partial charge in [-0.15, -0.1) is 0 Å². The summed E-state index contributed by atoms with van der Waals surface area (Å²) in [7, 11) is -2.62. The number of rotatable bonds is 12. The van der Waals surface area contributed by atoms with Gasteiger partial charge in [0.15, 0.2) is 0 Å². The van der Waals surface area contributed by atoms with Crippen LogP contribution in [0.2, 0.25) is 5.02 Å². The van der Waals surface area contributed by atoms with Gasteiger partial charge in [-0.05, 0) is 74.7 Å². The molecule has 3 aromatic rings. The minimum atomic E-state index is -4.17. The number of sulfonamides is 1. The Morgan fingerprint density at radius 1 is 1.00 bits per heavy atom. The zero-order valence-electron chi connectivity index (χ0n) is 23.4. The van der Waals surface area contributed by atoms with E-state index in [1.165, 1.54) is 23.1 Å². The Balaban J connectivity index is 2.10. The highest BCUT2D eigenvalue weighted by Gasteiger charge is 2.34. The summed E-state index contributed by atoms with van der Waals surface area (Å²) in [6.45, 7) is 6.80. The number of benzene rings is 3. The number of carbonyl (C=O) groups excluding carboxylic acids is 2. The Kier molecular flexibility index (Phi) is 10.6. The molecule has 0 aliphatic carbocycles. The van der Waals surface area contributed by atoms with Crippen LogP contribution in [0.3, 0.4) is 0 Å². The second-order valence-electron chi connectivity index (χ2n) is 9.72. The van der Waals surface area contributed by atoms with E-state index >= 15 is 0 Å². The van der Waals surface area contributed by atoms with Crippen molar-refractivity contribution in [2.75, 3.05) is 18.0 Å². The number of nitrogens with one attached hydrogen (secondary N) is 1. The van der Waals surface area contributed by atoms with E-state index in [4.69, 9.17) is 16.3 Å². The van der Waals surface area contributed by atoms with Gasteiger partial charge in [0, 0.05) is 17.6 Å². The molecule has 0 unspecified atom stereocenters. The van der Waals surface area contributed by atoms with Gasteiger partial charge < -0.3 is 15.0 Å². The number of hydrogen-bond donors (Lipinski definition) is 1. The molecule has 3 rings (SSSR count). The lowest BCUT2D eigenvalue weighted by molar-refractivity contribution is -0.140. The van der Waals surface area contributed by atoms with E-state index in [1.54, 1.807) is 62.6 Å². The van der Waals surface area contributed by atoms with Crippen LogP contribution in [0.25, 0.3) is 0 Å². The average Bonchev–Trinajstić information content (AvgIpc) is 2.93. The van der Waals surface area contributed by atoms with E-state index in [-0.39, 0.29) is 29.1 Å². The Morgan fingerprint density at radius 3 is 2.33 bits per heavy atom. The van der Waals surface area contributed by atoms with E-state index < -0.39 is 28.5 Å². The van der Waals surface area contributed by atoms with Crippen LogP contribution in [0.4, 0.5) is 5.69 Å². The normalized spacial score (nSPS) is 12.1. The molecule has 10 heteroatoms. The van der Waals surface area contributed by atoms with Crippen LogP contribution < -0.4 is 14.4 Å². The van der Waals surface area contributed by atoms with Crippen molar-refractivity contribution in [1.82, 2.24) is 10.2 Å². The number of hydrogen-bond acceptors (Lipinski definition) is 5. The molecule has 0 saturated heterocycles. The summed E-state index contributed by atoms with van der Waals surface area (Å²) in [5.74, 6) is -0.245. The zero-order chi connectivity index (χ0) is 29.4. The third-order valence-corrected chi connectivity index (χ3v) is 8.36. The summed E-state index contributed by atoms with van der Waals surface area (Å²) in [5, 5.41) is 3.22. The Bertz CT molecular complexity index is 1430. The van der Waals surface area contributed by atoms with Crippen LogP contribution in [0.5, 0.6) is 5.75 Å². The van der Waals surface area contributed by atoms with E-state index in [0.717, 1.165) is 9.87 Å². The molecule has 0 aromatic heterocycles. The first kappa shape index (κ1) is 31.0. The molecule has 0 saturated carbocycles. The van der Waals surface area contributed by atoms with E-state index in [9.17, 15) is 18.0 Å². The summed E-state index contributed by atoms with van der Waals surface area (Å²) in [5.41, 5.74) is 1.64. The molecule has 0 heterocycles. The highest BCUT2D eigenvalue weighted by Crippen LogP contribution is 2.30. The average molecular weight is 586 g/mol. The first-order chi connectivity index (χ1) is 19.0. The van der Waals surface area contributed by atoms with Gasteiger partial charge in [-0.1, -0.05) is 54.9 Å². The van der Waals surface area contributed by atoms with Crippen LogP contribution in [0.1, 0.15) is 38.3 Å². The number of ether oxygens (including phenoxy) is 1. The fourth-order valence-corrected chi connectivity index (χ4v) is 6.01. The molecular weight excluding hydrogens is 550 g/mol. The highest BCUT2D eigenvalue weighted by atomic mass is 35.5. The maximum absolute atomic E-state index is 14.1. The molecule has 40 heavy (non-hydrogen) atoms. The van der Waals surface area contributed by atoms with Crippen LogP contribution in [-0.4, -0.2) is 50.9 Å². The maximum atomic E-state index is 14.1. The number of amides is 2. The van der Waals surface area contributed by atoms with Crippen molar-refractivity contribution in [3.8, 4) is 5.75 Å². The number of aryl methyl sites for hydroxylation is 1. The number of methoxy groups -OCH3 is 1. The quantitative estimate of drug-likeness (QED) is 0.316. The molecule has 214 valence electrons. The molecule has 3 aromatic carbocycles. The molecule has 0 radical (unpaired) electrons. The Morgan fingerprint density at radius 2 is 1.70 bits per heavy atom. The SMILES string of the molecule is CC[C@@H](C(=O)NC(C)C)N(Cc1cccc(OC)c1)C(=O)CN(c1cc(Cl)ccc1C)S(=O)(=O)c1ccccc1. The molecule has 0 bridgehead atoms. The third kappa shape index (κ3) is 7.55. The molecule has 8 nitrogen and oxygen atoms in total. The third-order valence-electron chi connectivity index (χ3n) is 6.35. The zero-order valence-corrected chi connectivity index (χ0v) is 25.0. The van der Waals surface area contributed by atoms with E-state index in [0.29, 0.717) is 22.8 Å². The van der Waals surface area contributed by atoms with E-state index in [1.807, 2.05) is 26.8 Å². The van der Waals surface area contributed by atoms with Gasteiger partial charge in [0.1, 0.15) is 18.3 Å². The fourth-order valence-electron chi connectivity index (χ4n) is 4.35. The van der Waals surface area contributed by atoms with Crippen molar-refractivity contribution in [3.05, 3.63) is 88.9 Å². The standard InChI is InChI=1S/C30H36ClN3O5S/c1-6-27(30(36)32-21(2)3)33(19-23-11-10-12-25(17-23)39-5)29(35)20-34(28-18-24(31)16-15-22(28)4)40(37,38)26-13-8-7-9-14-26/h7-18,21,27H,6,19-20H2,1-5H3,(H,32,36)/t27-/m0/s1. The molecule has 2 amide bonds. The summed E-state index contributed by atoms with van der Waals surface area (Å²) in [4.78, 5) is 28.8. The van der Waals surface area contributed by atoms with Crippen molar-refractivity contribution < 1.29 is 22.7 Å². The van der Waals surface area contributed by atoms with Crippen molar-refractivity contribution in [3.63, 3.8) is 0 Å². The summed E-state index contributed by atoms with van der Waals surface area (Å²) >= 11 is 6.27. The molecule has 0 aliphatic heterocycles. The largest absolute Gasteiger partial charge is 0.497 e. The van der Waals surface area contributed by atoms with Crippen LogP contribution in [0, 0.1) is 6.92 Å². The predicted octanol–water partition coefficient (Wildman–Crippen LogP) is 5.18. The maximum Gasteiger partial charge on any atom is 0.264 e. The van der Waals surface area contributed by atoms with E-state index in [2.05, 4.69) is 5.32 Å². The van der Waals surface area contributed by atoms with Crippen molar-refractivity contribution in [2.45, 2.75) is 57.6 Å². The van der Waals surface area contributed by atoms with Gasteiger partial charge in [-0.2, -0.15) is 0 Å². The van der Waals surface area contributed by atoms with Gasteiger partial charge in [-0.25, -0.2) is 8.42 Å². The van der Waals surface area contributed by atoms with Gasteiger partial charge in [0.05, 0.1) is 17.7 Å². The predicted molar refractivity (Wildman–Crippen MR) is 158 cm³/mol. The molecule has 1 atom stereocenters. The fraction of sp³-hybridized carbons (Fsp3) is 0.333. The Hall–Kier alpha value is -3.56. The summed E-state index contributed by atoms with van der Waals surface area (Å²) in [6.07, 6.45) is 0.329. The van der Waals surface area contributed by atoms with Crippen LogP contribution in [0.15, 0.2) is 77.7 Å². The van der Waals surface area contributed by atoms with Crippen molar-refractivity contribution >= 4 is 39.1 Å². The monoisotopic (exact) mass is 585 g/mol. The van der Waals surface area contributed by atoms with Crippen LogP contribution >= 0.6 is 11.6 Å². The van der Waals surface area contributed by atoms with Gasteiger partial charge >= 0.3 is 0 Å². The van der Waals surface area contributed by atoms with Gasteiger partial charge in [-0.3, -0.25) is 13.9 Å². The van der Waals surface area contributed by atoms with Gasteiger partial charge in [0.2, 0.25) is 11.8 Å². The highest BCUT2D eigenvalue weighted by molar-refractivity contribution is 7.92. The molecule has 0 fully saturated rings. The molecule has 1 N–H and O–H groups in total. The number of anilines is 1. The first-order valence-corrected chi connectivity index (χ1v) is 14.9. The Labute approximate surface area is 241 Å². The van der Waals surface area contributed by atoms with Crippen LogP contribution in [-0.2, 0) is 26.2 Å². The first-order valence-electron chi connectivity index (χ1n) is 13.0. The number of halogens is 1. The van der Waals surface area contributed by atoms with Crippen molar-refractivity contribution in [2.24, 2.45) is 0 Å². The second kappa shape index (κ2) is 13.7. The minimum absolute atomic E-state index is 0.0334. The smallest absolute Gasteiger partial charge is 0.264 e. The summed E-state index contributed by atoms with van der Waals surface area (Å²) < 4.78 is 34.3. The molecular formula is C30H36ClN3O5S. The van der Waals surface area contributed by atoms with Crippen molar-refractivity contribution in [1.29, 1.82) is 0 Å². The lowest BCUT2D eigenvalue weighted by Crippen LogP contribution is -2.53. The molecule has 0 spiro atoms. The summed E-state index contributed by atoms with van der Waals surface area (Å²) in [6, 6.07) is 19.0. The minimum Gasteiger partial charge on any atom is -0.497 e. The molecule has 0 aliphatic rings. The second-order valence-corrected chi connectivity index (χ2v) is 12.0. The lowest BCUT2D eigenvalue weighted by atomic mass is 10.1.